The summed E-state index contributed by atoms with van der Waals surface area (Å²) in [5.41, 5.74) is 3.80. The lowest BCUT2D eigenvalue weighted by molar-refractivity contribution is -0.120. The van der Waals surface area contributed by atoms with Gasteiger partial charge in [0.25, 0.3) is 11.8 Å². The summed E-state index contributed by atoms with van der Waals surface area (Å²) in [6.45, 7) is 3.72. The maximum Gasteiger partial charge on any atom is 0.282 e. The molecule has 156 valence electrons. The summed E-state index contributed by atoms with van der Waals surface area (Å²) in [5, 5.41) is 3.69. The zero-order valence-corrected chi connectivity index (χ0v) is 18.2. The number of para-hydroxylation sites is 2. The number of methoxy groups -OCH3 is 1. The van der Waals surface area contributed by atoms with E-state index in [4.69, 9.17) is 16.3 Å². The molecule has 0 bridgehead atoms. The van der Waals surface area contributed by atoms with E-state index in [2.05, 4.69) is 5.32 Å². The Labute approximate surface area is 185 Å². The van der Waals surface area contributed by atoms with Gasteiger partial charge in [0.05, 0.1) is 18.4 Å². The molecule has 1 heterocycles. The van der Waals surface area contributed by atoms with Crippen LogP contribution in [-0.2, 0) is 9.59 Å². The fourth-order valence-corrected chi connectivity index (χ4v) is 3.82. The number of benzene rings is 3. The fraction of sp³-hybridized carbons (Fsp3) is 0.120. The predicted molar refractivity (Wildman–Crippen MR) is 123 cm³/mol. The van der Waals surface area contributed by atoms with Gasteiger partial charge >= 0.3 is 0 Å². The molecule has 31 heavy (non-hydrogen) atoms. The quantitative estimate of drug-likeness (QED) is 0.551. The van der Waals surface area contributed by atoms with Crippen LogP contribution in [-0.4, -0.2) is 18.9 Å². The first-order valence-electron chi connectivity index (χ1n) is 9.78. The molecule has 1 N–H and O–H groups in total. The van der Waals surface area contributed by atoms with Crippen molar-refractivity contribution in [3.8, 4) is 5.75 Å². The van der Waals surface area contributed by atoms with Crippen LogP contribution in [0.3, 0.4) is 0 Å². The summed E-state index contributed by atoms with van der Waals surface area (Å²) in [4.78, 5) is 28.4. The summed E-state index contributed by atoms with van der Waals surface area (Å²) in [6, 6.07) is 19.9. The molecule has 6 heteroatoms. The highest BCUT2D eigenvalue weighted by Gasteiger charge is 2.42. The molecule has 4 rings (SSSR count). The van der Waals surface area contributed by atoms with Crippen LogP contribution in [0.25, 0.3) is 5.57 Å². The first kappa shape index (κ1) is 20.7. The number of nitrogens with zero attached hydrogens (tertiary/aromatic N) is 1. The van der Waals surface area contributed by atoms with E-state index in [1.54, 1.807) is 43.3 Å². The van der Waals surface area contributed by atoms with E-state index in [9.17, 15) is 9.59 Å². The third-order valence-electron chi connectivity index (χ3n) is 5.34. The molecule has 0 aromatic heterocycles. The minimum absolute atomic E-state index is 0.197. The van der Waals surface area contributed by atoms with E-state index in [0.29, 0.717) is 27.6 Å². The average molecular weight is 433 g/mol. The molecular formula is C25H21ClN2O3. The first-order valence-corrected chi connectivity index (χ1v) is 10.2. The third kappa shape index (κ3) is 3.57. The van der Waals surface area contributed by atoms with Gasteiger partial charge < -0.3 is 10.1 Å². The lowest BCUT2D eigenvalue weighted by atomic mass is 10.0. The van der Waals surface area contributed by atoms with Crippen LogP contribution in [0.1, 0.15) is 16.7 Å². The molecule has 0 atom stereocenters. The SMILES string of the molecule is COc1ccccc1C1=C(Nc2ccccc2C)C(=O)N(c2cccc(Cl)c2C)C1=O. The van der Waals surface area contributed by atoms with Crippen molar-refractivity contribution in [3.63, 3.8) is 0 Å². The minimum atomic E-state index is -0.445. The lowest BCUT2D eigenvalue weighted by Gasteiger charge is -2.18. The number of carbonyl (C=O) groups excluding carboxylic acids is 2. The van der Waals surface area contributed by atoms with Gasteiger partial charge in [0.2, 0.25) is 0 Å². The highest BCUT2D eigenvalue weighted by molar-refractivity contribution is 6.47. The molecule has 3 aromatic carbocycles. The second-order valence-electron chi connectivity index (χ2n) is 7.22. The van der Waals surface area contributed by atoms with Crippen molar-refractivity contribution in [1.29, 1.82) is 0 Å². The van der Waals surface area contributed by atoms with Crippen molar-refractivity contribution in [3.05, 3.63) is 94.1 Å². The number of carbonyl (C=O) groups is 2. The largest absolute Gasteiger partial charge is 0.496 e. The van der Waals surface area contributed by atoms with Crippen molar-refractivity contribution in [2.75, 3.05) is 17.3 Å². The molecule has 0 spiro atoms. The van der Waals surface area contributed by atoms with Crippen molar-refractivity contribution in [2.24, 2.45) is 0 Å². The van der Waals surface area contributed by atoms with E-state index in [0.717, 1.165) is 11.3 Å². The molecule has 1 aliphatic rings. The lowest BCUT2D eigenvalue weighted by Crippen LogP contribution is -2.33. The van der Waals surface area contributed by atoms with Crippen LogP contribution in [0.15, 0.2) is 72.4 Å². The van der Waals surface area contributed by atoms with Gasteiger partial charge in [0.15, 0.2) is 0 Å². The number of halogens is 1. The zero-order chi connectivity index (χ0) is 22.1. The summed E-state index contributed by atoms with van der Waals surface area (Å²) in [5.74, 6) is -0.372. The number of anilines is 2. The number of amides is 2. The van der Waals surface area contributed by atoms with Gasteiger partial charge in [-0.1, -0.05) is 54.1 Å². The summed E-state index contributed by atoms with van der Waals surface area (Å²) < 4.78 is 5.48. The molecule has 5 nitrogen and oxygen atoms in total. The maximum absolute atomic E-state index is 13.6. The van der Waals surface area contributed by atoms with Gasteiger partial charge in [-0.25, -0.2) is 4.90 Å². The van der Waals surface area contributed by atoms with Gasteiger partial charge in [-0.2, -0.15) is 0 Å². The Morgan fingerprint density at radius 1 is 0.871 bits per heavy atom. The minimum Gasteiger partial charge on any atom is -0.496 e. The van der Waals surface area contributed by atoms with Crippen molar-refractivity contribution >= 4 is 40.4 Å². The second kappa shape index (κ2) is 8.28. The van der Waals surface area contributed by atoms with Gasteiger partial charge in [0.1, 0.15) is 11.4 Å². The molecule has 0 unspecified atom stereocenters. The van der Waals surface area contributed by atoms with Crippen LogP contribution < -0.4 is 15.0 Å². The number of aryl methyl sites for hydroxylation is 1. The molecule has 0 saturated carbocycles. The summed E-state index contributed by atoms with van der Waals surface area (Å²) in [6.07, 6.45) is 0. The Hall–Kier alpha value is -3.57. The first-order chi connectivity index (χ1) is 14.9. The van der Waals surface area contributed by atoms with Crippen molar-refractivity contribution in [1.82, 2.24) is 0 Å². The van der Waals surface area contributed by atoms with E-state index in [1.165, 1.54) is 12.0 Å². The van der Waals surface area contributed by atoms with Crippen LogP contribution in [0.2, 0.25) is 5.02 Å². The highest BCUT2D eigenvalue weighted by Crippen LogP contribution is 2.39. The number of hydrogen-bond donors (Lipinski definition) is 1. The van der Waals surface area contributed by atoms with Gasteiger partial charge in [-0.15, -0.1) is 0 Å². The third-order valence-corrected chi connectivity index (χ3v) is 5.75. The van der Waals surface area contributed by atoms with E-state index in [1.807, 2.05) is 37.3 Å². The molecule has 1 aliphatic heterocycles. The Morgan fingerprint density at radius 3 is 2.32 bits per heavy atom. The molecule has 0 fully saturated rings. The number of ether oxygens (including phenoxy) is 1. The Bertz CT molecular complexity index is 1230. The maximum atomic E-state index is 13.6. The van der Waals surface area contributed by atoms with Crippen molar-refractivity contribution in [2.45, 2.75) is 13.8 Å². The summed E-state index contributed by atoms with van der Waals surface area (Å²) >= 11 is 6.28. The Morgan fingerprint density at radius 2 is 1.58 bits per heavy atom. The smallest absolute Gasteiger partial charge is 0.282 e. The van der Waals surface area contributed by atoms with Crippen LogP contribution in [0.5, 0.6) is 5.75 Å². The Kier molecular flexibility index (Phi) is 5.53. The molecule has 0 radical (unpaired) electrons. The predicted octanol–water partition coefficient (Wildman–Crippen LogP) is 5.36. The number of rotatable bonds is 5. The fourth-order valence-electron chi connectivity index (χ4n) is 3.65. The average Bonchev–Trinajstić information content (AvgIpc) is 3.01. The molecule has 0 aliphatic carbocycles. The topological polar surface area (TPSA) is 58.6 Å². The molecule has 0 saturated heterocycles. The molecule has 3 aromatic rings. The van der Waals surface area contributed by atoms with Crippen LogP contribution >= 0.6 is 11.6 Å². The standard InChI is InChI=1S/C25H21ClN2O3/c1-15-9-4-6-12-19(15)27-23-22(17-10-5-7-14-21(17)31-3)24(29)28(25(23)30)20-13-8-11-18(26)16(20)2/h4-14,27H,1-3H3. The Balaban J connectivity index is 1.91. The summed E-state index contributed by atoms with van der Waals surface area (Å²) in [7, 11) is 1.54. The van der Waals surface area contributed by atoms with Gasteiger partial charge in [-0.05, 0) is 49.2 Å². The van der Waals surface area contributed by atoms with Gasteiger partial charge in [-0.3, -0.25) is 9.59 Å². The normalized spacial score (nSPS) is 13.7. The highest BCUT2D eigenvalue weighted by atomic mass is 35.5. The second-order valence-corrected chi connectivity index (χ2v) is 7.63. The number of nitrogens with one attached hydrogen (secondary N) is 1. The number of imide groups is 1. The van der Waals surface area contributed by atoms with Crippen LogP contribution in [0, 0.1) is 13.8 Å². The number of hydrogen-bond acceptors (Lipinski definition) is 4. The molecular weight excluding hydrogens is 412 g/mol. The molecule has 2 amide bonds. The monoisotopic (exact) mass is 432 g/mol. The zero-order valence-electron chi connectivity index (χ0n) is 17.4. The van der Waals surface area contributed by atoms with Crippen LogP contribution in [0.4, 0.5) is 11.4 Å². The van der Waals surface area contributed by atoms with E-state index >= 15 is 0 Å². The van der Waals surface area contributed by atoms with E-state index in [-0.39, 0.29) is 11.3 Å². The van der Waals surface area contributed by atoms with E-state index < -0.39 is 11.8 Å². The van der Waals surface area contributed by atoms with Gasteiger partial charge in [0, 0.05) is 16.3 Å². The van der Waals surface area contributed by atoms with Crippen molar-refractivity contribution < 1.29 is 14.3 Å².